The van der Waals surface area contributed by atoms with E-state index in [0.29, 0.717) is 11.3 Å². The smallest absolute Gasteiger partial charge is 0.182 e. The number of sulfone groups is 1. The molecule has 104 valence electrons. The van der Waals surface area contributed by atoms with Crippen LogP contribution >= 0.6 is 0 Å². The van der Waals surface area contributed by atoms with Gasteiger partial charge < -0.3 is 0 Å². The molecule has 0 saturated carbocycles. The van der Waals surface area contributed by atoms with Crippen LogP contribution < -0.4 is 0 Å². The lowest BCUT2D eigenvalue weighted by Crippen LogP contribution is -2.20. The summed E-state index contributed by atoms with van der Waals surface area (Å²) in [6, 6.07) is 8.95. The molecule has 0 fully saturated rings. The number of rotatable bonds is 4. The number of nitrogens with zero attached hydrogens (tertiary/aromatic N) is 1. The van der Waals surface area contributed by atoms with E-state index in [1.54, 1.807) is 19.1 Å². The first-order chi connectivity index (χ1) is 8.73. The Morgan fingerprint density at radius 3 is 2.11 bits per heavy atom. The summed E-state index contributed by atoms with van der Waals surface area (Å²) in [5, 5.41) is 8.10. The molecule has 1 rings (SSSR count). The maximum Gasteiger partial charge on any atom is 0.182 e. The first-order valence-corrected chi connectivity index (χ1v) is 7.99. The minimum Gasteiger partial charge on any atom is -0.223 e. The van der Waals surface area contributed by atoms with E-state index < -0.39 is 15.1 Å². The molecule has 3 nitrogen and oxygen atoms in total. The van der Waals surface area contributed by atoms with Gasteiger partial charge in [0.25, 0.3) is 0 Å². The van der Waals surface area contributed by atoms with Crippen molar-refractivity contribution in [3.8, 4) is 6.07 Å². The maximum absolute atomic E-state index is 12.4. The Labute approximate surface area is 116 Å². The van der Waals surface area contributed by atoms with E-state index >= 15 is 0 Å². The molecule has 0 N–H and O–H groups in total. The van der Waals surface area contributed by atoms with Crippen LogP contribution in [0.3, 0.4) is 0 Å². The summed E-state index contributed by atoms with van der Waals surface area (Å²) in [4.78, 5) is 0.308. The Kier molecular flexibility index (Phi) is 4.75. The molecule has 0 bridgehead atoms. The van der Waals surface area contributed by atoms with Gasteiger partial charge in [-0.1, -0.05) is 39.8 Å². The lowest BCUT2D eigenvalue weighted by molar-refractivity contribution is 0.574. The highest BCUT2D eigenvalue weighted by Gasteiger charge is 2.26. The molecule has 0 saturated heterocycles. The van der Waals surface area contributed by atoms with Crippen LogP contribution in [0.5, 0.6) is 0 Å². The fourth-order valence-corrected chi connectivity index (χ4v) is 3.55. The lowest BCUT2D eigenvalue weighted by Gasteiger charge is -2.20. The summed E-state index contributed by atoms with van der Waals surface area (Å²) < 4.78 is 24.7. The largest absolute Gasteiger partial charge is 0.223 e. The van der Waals surface area contributed by atoms with Crippen molar-refractivity contribution < 1.29 is 8.42 Å². The summed E-state index contributed by atoms with van der Waals surface area (Å²) in [6.45, 7) is 8.05. The molecule has 0 heterocycles. The van der Waals surface area contributed by atoms with Gasteiger partial charge in [-0.25, -0.2) is 8.42 Å². The Morgan fingerprint density at radius 2 is 1.74 bits per heavy atom. The minimum absolute atomic E-state index is 0.000889. The summed E-state index contributed by atoms with van der Waals surface area (Å²) >= 11 is 0. The lowest BCUT2D eigenvalue weighted by atomic mass is 9.87. The van der Waals surface area contributed by atoms with Gasteiger partial charge in [-0.3, -0.25) is 0 Å². The second-order valence-corrected chi connectivity index (χ2v) is 7.94. The Balaban J connectivity index is 3.14. The predicted octanol–water partition coefficient (Wildman–Crippen LogP) is 3.45. The summed E-state index contributed by atoms with van der Waals surface area (Å²) in [5.74, 6) is 0. The topological polar surface area (TPSA) is 57.9 Å². The first-order valence-electron chi connectivity index (χ1n) is 6.45. The van der Waals surface area contributed by atoms with Crippen molar-refractivity contribution in [3.05, 3.63) is 29.8 Å². The molecular weight excluding hydrogens is 258 g/mol. The molecule has 1 unspecified atom stereocenters. The normalized spacial score (nSPS) is 13.8. The van der Waals surface area contributed by atoms with Crippen LogP contribution in [0.4, 0.5) is 0 Å². The van der Waals surface area contributed by atoms with E-state index in [2.05, 4.69) is 20.8 Å². The quantitative estimate of drug-likeness (QED) is 0.848. The van der Waals surface area contributed by atoms with Crippen molar-refractivity contribution in [1.82, 2.24) is 0 Å². The van der Waals surface area contributed by atoms with E-state index in [4.69, 9.17) is 5.26 Å². The monoisotopic (exact) mass is 279 g/mol. The van der Waals surface area contributed by atoms with Gasteiger partial charge in [0.15, 0.2) is 9.84 Å². The van der Waals surface area contributed by atoms with Crippen molar-refractivity contribution >= 4 is 9.84 Å². The van der Waals surface area contributed by atoms with Gasteiger partial charge in [-0.05, 0) is 29.5 Å². The molecular formula is C15H21NO2S. The highest BCUT2D eigenvalue weighted by Crippen LogP contribution is 2.26. The molecule has 1 atom stereocenters. The molecule has 0 spiro atoms. The Hall–Kier alpha value is -1.34. The van der Waals surface area contributed by atoms with Crippen LogP contribution in [0.2, 0.25) is 0 Å². The highest BCUT2D eigenvalue weighted by molar-refractivity contribution is 7.92. The van der Waals surface area contributed by atoms with Crippen LogP contribution in [0.1, 0.15) is 46.1 Å². The fraction of sp³-hybridized carbons (Fsp3) is 0.533. The summed E-state index contributed by atoms with van der Waals surface area (Å²) in [5.41, 5.74) is 1.10. The van der Waals surface area contributed by atoms with Gasteiger partial charge in [-0.2, -0.15) is 5.26 Å². The molecule has 1 aromatic carbocycles. The van der Waals surface area contributed by atoms with Gasteiger partial charge in [0.1, 0.15) is 0 Å². The maximum atomic E-state index is 12.4. The van der Waals surface area contributed by atoms with Gasteiger partial charge in [0, 0.05) is 0 Å². The van der Waals surface area contributed by atoms with Crippen molar-refractivity contribution in [3.63, 3.8) is 0 Å². The third kappa shape index (κ3) is 3.57. The van der Waals surface area contributed by atoms with Crippen molar-refractivity contribution in [1.29, 1.82) is 5.26 Å². The van der Waals surface area contributed by atoms with E-state index in [1.807, 2.05) is 18.2 Å². The molecule has 0 aliphatic rings. The average Bonchev–Trinajstić information content (AvgIpc) is 2.34. The standard InChI is InChI=1S/C15H21NO2S/c1-5-13(10-11-16)19(17,18)14-8-6-12(7-9-14)15(2,3)4/h6-9,13H,5,10H2,1-4H3. The van der Waals surface area contributed by atoms with Crippen molar-refractivity contribution in [2.24, 2.45) is 0 Å². The molecule has 0 aliphatic heterocycles. The van der Waals surface area contributed by atoms with Crippen LogP contribution in [-0.4, -0.2) is 13.7 Å². The first kappa shape index (κ1) is 15.7. The van der Waals surface area contributed by atoms with Crippen LogP contribution in [0.25, 0.3) is 0 Å². The van der Waals surface area contributed by atoms with Crippen LogP contribution in [0.15, 0.2) is 29.2 Å². The van der Waals surface area contributed by atoms with E-state index in [1.165, 1.54) is 0 Å². The molecule has 0 aromatic heterocycles. The molecule has 1 aromatic rings. The second-order valence-electron chi connectivity index (χ2n) is 5.71. The molecule has 0 amide bonds. The van der Waals surface area contributed by atoms with E-state index in [9.17, 15) is 8.42 Å². The average molecular weight is 279 g/mol. The minimum atomic E-state index is -3.40. The number of benzene rings is 1. The third-order valence-electron chi connectivity index (χ3n) is 3.26. The molecule has 0 radical (unpaired) electrons. The molecule has 0 aliphatic carbocycles. The summed E-state index contributed by atoms with van der Waals surface area (Å²) in [6.07, 6.45) is 0.497. The highest BCUT2D eigenvalue weighted by atomic mass is 32.2. The van der Waals surface area contributed by atoms with Gasteiger partial charge >= 0.3 is 0 Å². The fourth-order valence-electron chi connectivity index (χ4n) is 1.91. The third-order valence-corrected chi connectivity index (χ3v) is 5.57. The predicted molar refractivity (Wildman–Crippen MR) is 76.6 cm³/mol. The number of hydrogen-bond acceptors (Lipinski definition) is 3. The van der Waals surface area contributed by atoms with Gasteiger partial charge in [0.05, 0.1) is 22.6 Å². The Morgan fingerprint density at radius 1 is 1.21 bits per heavy atom. The van der Waals surface area contributed by atoms with Gasteiger partial charge in [0.2, 0.25) is 0 Å². The van der Waals surface area contributed by atoms with Crippen molar-refractivity contribution in [2.75, 3.05) is 0 Å². The zero-order valence-corrected chi connectivity index (χ0v) is 12.8. The van der Waals surface area contributed by atoms with Crippen molar-refractivity contribution in [2.45, 2.75) is 56.1 Å². The SMILES string of the molecule is CCC(CC#N)S(=O)(=O)c1ccc(C(C)(C)C)cc1. The van der Waals surface area contributed by atoms with Gasteiger partial charge in [-0.15, -0.1) is 0 Å². The van der Waals surface area contributed by atoms with E-state index in [-0.39, 0.29) is 11.8 Å². The van der Waals surface area contributed by atoms with Crippen LogP contribution in [-0.2, 0) is 15.3 Å². The Bertz CT molecular complexity index is 560. The zero-order valence-electron chi connectivity index (χ0n) is 12.0. The molecule has 4 heteroatoms. The summed E-state index contributed by atoms with van der Waals surface area (Å²) in [7, 11) is -3.40. The zero-order chi connectivity index (χ0) is 14.7. The number of nitriles is 1. The molecule has 19 heavy (non-hydrogen) atoms. The second kappa shape index (κ2) is 5.75. The van der Waals surface area contributed by atoms with Crippen LogP contribution in [0, 0.1) is 11.3 Å². The van der Waals surface area contributed by atoms with E-state index in [0.717, 1.165) is 5.56 Å². The number of hydrogen-bond donors (Lipinski definition) is 0.